The predicted molar refractivity (Wildman–Crippen MR) is 150 cm³/mol. The highest BCUT2D eigenvalue weighted by atomic mass is 32.1. The molecule has 0 heterocycles. The third-order valence-electron chi connectivity index (χ3n) is 5.63. The molecule has 0 aromatic heterocycles. The van der Waals surface area contributed by atoms with Crippen LogP contribution < -0.4 is 21.3 Å². The maximum Gasteiger partial charge on any atom is 0.416 e. The molecule has 0 bridgehead atoms. The Labute approximate surface area is 261 Å². The molecule has 3 aromatic rings. The van der Waals surface area contributed by atoms with Crippen LogP contribution in [0.1, 0.15) is 32.6 Å². The highest BCUT2D eigenvalue weighted by Gasteiger charge is 2.38. The number of anilines is 4. The predicted octanol–water partition coefficient (Wildman–Crippen LogP) is 9.17. The van der Waals surface area contributed by atoms with Gasteiger partial charge in [-0.25, -0.2) is 4.79 Å². The van der Waals surface area contributed by atoms with Crippen LogP contribution in [0.3, 0.4) is 0 Å². The average molecular weight is 709 g/mol. The number of carbonyl (C=O) groups excluding carboxylic acids is 1. The number of nitrogens with one attached hydrogen (secondary N) is 4. The Kier molecular flexibility index (Phi) is 10.4. The van der Waals surface area contributed by atoms with E-state index in [0.29, 0.717) is 24.3 Å². The second-order valence-electron chi connectivity index (χ2n) is 9.00. The van der Waals surface area contributed by atoms with Gasteiger partial charge in [-0.1, -0.05) is 0 Å². The first-order valence-corrected chi connectivity index (χ1v) is 12.8. The summed E-state index contributed by atoms with van der Waals surface area (Å²) in [6.45, 7) is 0. The van der Waals surface area contributed by atoms with Crippen LogP contribution in [0.25, 0.3) is 0 Å². The summed E-state index contributed by atoms with van der Waals surface area (Å²) in [6, 6.07) is 4.50. The molecule has 0 radical (unpaired) electrons. The molecule has 46 heavy (non-hydrogen) atoms. The standard InChI is InChI=1S/C26H16F12N4O2S2/c1-44-20(43)11-2-3-18(41-21(45)39-16-7-12(23(27,28)29)5-13(8-16)24(30,31)32)19(4-11)42-22(46)40-17-9-14(25(33,34)35)6-15(10-17)26(36,37)38/h2-10H,1H3,(H2,39,41,45)(H2,40,42,46). The van der Waals surface area contributed by atoms with Crippen molar-refractivity contribution in [3.8, 4) is 0 Å². The van der Waals surface area contributed by atoms with Gasteiger partial charge in [0.25, 0.3) is 0 Å². The summed E-state index contributed by atoms with van der Waals surface area (Å²) in [7, 11) is 1.02. The van der Waals surface area contributed by atoms with Gasteiger partial charge in [-0.3, -0.25) is 0 Å². The molecule has 0 aliphatic rings. The number of thiocarbonyl (C=S) groups is 2. The maximum atomic E-state index is 13.2. The van der Waals surface area contributed by atoms with Crippen molar-refractivity contribution in [1.82, 2.24) is 0 Å². The normalized spacial score (nSPS) is 12.3. The Balaban J connectivity index is 1.93. The number of rotatable bonds is 5. The maximum absolute atomic E-state index is 13.2. The summed E-state index contributed by atoms with van der Waals surface area (Å²) in [5.74, 6) is -0.912. The van der Waals surface area contributed by atoms with Gasteiger partial charge in [-0.2, -0.15) is 52.7 Å². The molecule has 0 atom stereocenters. The Morgan fingerprint density at radius 2 is 0.891 bits per heavy atom. The summed E-state index contributed by atoms with van der Waals surface area (Å²) < 4.78 is 163. The van der Waals surface area contributed by atoms with Crippen molar-refractivity contribution in [3.05, 3.63) is 82.4 Å². The Morgan fingerprint density at radius 1 is 0.543 bits per heavy atom. The van der Waals surface area contributed by atoms with Crippen molar-refractivity contribution < 1.29 is 62.2 Å². The summed E-state index contributed by atoms with van der Waals surface area (Å²) in [5.41, 5.74) is -8.59. The van der Waals surface area contributed by atoms with Crippen LogP contribution in [-0.4, -0.2) is 23.3 Å². The average Bonchev–Trinajstić information content (AvgIpc) is 2.91. The summed E-state index contributed by atoms with van der Waals surface area (Å²) in [5, 5.41) is 8.00. The van der Waals surface area contributed by atoms with Crippen molar-refractivity contribution in [1.29, 1.82) is 0 Å². The molecule has 0 saturated carbocycles. The number of esters is 1. The van der Waals surface area contributed by atoms with E-state index in [1.807, 2.05) is 0 Å². The Hall–Kier alpha value is -4.33. The molecule has 0 aliphatic heterocycles. The third kappa shape index (κ3) is 9.59. The first kappa shape index (κ1) is 36.1. The molecule has 20 heteroatoms. The fourth-order valence-electron chi connectivity index (χ4n) is 3.62. The van der Waals surface area contributed by atoms with Crippen LogP contribution in [0.4, 0.5) is 75.4 Å². The van der Waals surface area contributed by atoms with Gasteiger partial charge < -0.3 is 26.0 Å². The zero-order valence-electron chi connectivity index (χ0n) is 22.4. The number of hydrogen-bond donors (Lipinski definition) is 4. The number of hydrogen-bond acceptors (Lipinski definition) is 4. The number of methoxy groups -OCH3 is 1. The van der Waals surface area contributed by atoms with Gasteiger partial charge in [-0.15, -0.1) is 0 Å². The van der Waals surface area contributed by atoms with E-state index >= 15 is 0 Å². The van der Waals surface area contributed by atoms with E-state index in [9.17, 15) is 57.5 Å². The zero-order valence-corrected chi connectivity index (χ0v) is 24.0. The summed E-state index contributed by atoms with van der Waals surface area (Å²) in [6.07, 6.45) is -20.6. The monoisotopic (exact) mass is 708 g/mol. The minimum Gasteiger partial charge on any atom is -0.465 e. The minimum atomic E-state index is -5.16. The lowest BCUT2D eigenvalue weighted by Crippen LogP contribution is -2.24. The van der Waals surface area contributed by atoms with Crippen molar-refractivity contribution in [2.45, 2.75) is 24.7 Å². The van der Waals surface area contributed by atoms with Gasteiger partial charge in [-0.05, 0) is 79.0 Å². The van der Waals surface area contributed by atoms with Gasteiger partial charge in [0.05, 0.1) is 46.3 Å². The quantitative estimate of drug-likeness (QED) is 0.119. The molecule has 0 spiro atoms. The molecule has 0 amide bonds. The van der Waals surface area contributed by atoms with Crippen molar-refractivity contribution in [2.24, 2.45) is 0 Å². The van der Waals surface area contributed by atoms with Crippen LogP contribution in [-0.2, 0) is 29.4 Å². The highest BCUT2D eigenvalue weighted by Crippen LogP contribution is 2.39. The van der Waals surface area contributed by atoms with E-state index in [2.05, 4.69) is 26.0 Å². The molecule has 0 unspecified atom stereocenters. The molecule has 4 N–H and O–H groups in total. The Bertz CT molecular complexity index is 1590. The number of halogens is 12. The molecule has 3 rings (SSSR count). The fourth-order valence-corrected chi connectivity index (χ4v) is 4.08. The smallest absolute Gasteiger partial charge is 0.416 e. The number of ether oxygens (including phenoxy) is 1. The van der Waals surface area contributed by atoms with Crippen LogP contribution in [0.15, 0.2) is 54.6 Å². The Morgan fingerprint density at radius 3 is 1.22 bits per heavy atom. The molecule has 3 aromatic carbocycles. The second kappa shape index (κ2) is 13.2. The van der Waals surface area contributed by atoms with E-state index in [1.165, 1.54) is 0 Å². The topological polar surface area (TPSA) is 74.4 Å². The number of carbonyl (C=O) groups is 1. The van der Waals surface area contributed by atoms with Crippen LogP contribution in [0, 0.1) is 0 Å². The third-order valence-corrected chi connectivity index (χ3v) is 6.04. The molecular weight excluding hydrogens is 692 g/mol. The van der Waals surface area contributed by atoms with Gasteiger partial charge in [0, 0.05) is 11.4 Å². The first-order valence-electron chi connectivity index (χ1n) is 11.9. The number of alkyl halides is 12. The lowest BCUT2D eigenvalue weighted by Gasteiger charge is -2.19. The van der Waals surface area contributed by atoms with Gasteiger partial charge in [0.15, 0.2) is 10.2 Å². The molecule has 0 saturated heterocycles. The van der Waals surface area contributed by atoms with Gasteiger partial charge >= 0.3 is 30.7 Å². The molecule has 0 aliphatic carbocycles. The van der Waals surface area contributed by atoms with E-state index in [4.69, 9.17) is 24.4 Å². The van der Waals surface area contributed by atoms with E-state index in [-0.39, 0.29) is 29.1 Å². The minimum absolute atomic E-state index is 0.106. The van der Waals surface area contributed by atoms with Crippen LogP contribution in [0.5, 0.6) is 0 Å². The lowest BCUT2D eigenvalue weighted by atomic mass is 10.1. The van der Waals surface area contributed by atoms with E-state index < -0.39 is 74.5 Å². The largest absolute Gasteiger partial charge is 0.465 e. The van der Waals surface area contributed by atoms with E-state index in [1.54, 1.807) is 0 Å². The van der Waals surface area contributed by atoms with Crippen molar-refractivity contribution in [3.63, 3.8) is 0 Å². The van der Waals surface area contributed by atoms with Crippen molar-refractivity contribution in [2.75, 3.05) is 28.4 Å². The lowest BCUT2D eigenvalue weighted by molar-refractivity contribution is -0.144. The van der Waals surface area contributed by atoms with Crippen LogP contribution in [0.2, 0.25) is 0 Å². The zero-order chi connectivity index (χ0) is 34.8. The van der Waals surface area contributed by atoms with E-state index in [0.717, 1.165) is 25.3 Å². The summed E-state index contributed by atoms with van der Waals surface area (Å²) >= 11 is 10.0. The molecule has 0 fully saturated rings. The van der Waals surface area contributed by atoms with Crippen LogP contribution >= 0.6 is 24.4 Å². The molecule has 248 valence electrons. The highest BCUT2D eigenvalue weighted by molar-refractivity contribution is 7.81. The van der Waals surface area contributed by atoms with Gasteiger partial charge in [0.1, 0.15) is 0 Å². The number of benzene rings is 3. The molecule has 6 nitrogen and oxygen atoms in total. The second-order valence-corrected chi connectivity index (χ2v) is 9.82. The van der Waals surface area contributed by atoms with Crippen molar-refractivity contribution >= 4 is 63.4 Å². The fraction of sp³-hybridized carbons (Fsp3) is 0.192. The first-order chi connectivity index (χ1) is 21.0. The molecular formula is C26H16F12N4O2S2. The van der Waals surface area contributed by atoms with Gasteiger partial charge in [0.2, 0.25) is 0 Å². The summed E-state index contributed by atoms with van der Waals surface area (Å²) in [4.78, 5) is 12.1. The SMILES string of the molecule is COC(=O)c1ccc(NC(=S)Nc2cc(C(F)(F)F)cc(C(F)(F)F)c2)c(NC(=S)Nc2cc(C(F)(F)F)cc(C(F)(F)F)c2)c1.